The first kappa shape index (κ1) is 20.2. The van der Waals surface area contributed by atoms with Gasteiger partial charge in [0.25, 0.3) is 11.7 Å². The van der Waals surface area contributed by atoms with Crippen LogP contribution in [0.15, 0.2) is 33.5 Å². The predicted octanol–water partition coefficient (Wildman–Crippen LogP) is 1.30. The first-order valence-electron chi connectivity index (χ1n) is 8.76. The average molecular weight is 404 g/mol. The third kappa shape index (κ3) is 3.39. The van der Waals surface area contributed by atoms with Crippen molar-refractivity contribution in [1.82, 2.24) is 24.6 Å². The molecule has 29 heavy (non-hydrogen) atoms. The number of imidazole rings is 1. The molecule has 11 heteroatoms. The number of nitrogens with zero attached hydrogens (tertiary/aromatic N) is 4. The number of aryl methyl sites for hydroxylation is 1. The van der Waals surface area contributed by atoms with E-state index in [1.807, 2.05) is 5.32 Å². The van der Waals surface area contributed by atoms with Gasteiger partial charge in [-0.2, -0.15) is 0 Å². The van der Waals surface area contributed by atoms with Gasteiger partial charge in [0.15, 0.2) is 0 Å². The molecule has 154 valence electrons. The minimum Gasteiger partial charge on any atom is -0.424 e. The molecule has 0 spiro atoms. The topological polar surface area (TPSA) is 138 Å². The molecule has 0 aliphatic carbocycles. The Morgan fingerprint density at radius 3 is 2.34 bits per heavy atom. The molecule has 1 aromatic carbocycles. The van der Waals surface area contributed by atoms with Crippen molar-refractivity contribution >= 4 is 23.0 Å². The van der Waals surface area contributed by atoms with Crippen molar-refractivity contribution < 1.29 is 18.4 Å². The van der Waals surface area contributed by atoms with Gasteiger partial charge in [-0.05, 0) is 12.1 Å². The Bertz CT molecular complexity index is 1160. The number of hydrogen-bond acceptors (Lipinski definition) is 6. The molecule has 0 unspecified atom stereocenters. The summed E-state index contributed by atoms with van der Waals surface area (Å²) >= 11 is 0. The van der Waals surface area contributed by atoms with Gasteiger partial charge in [0.1, 0.15) is 6.54 Å². The Morgan fingerprint density at radius 1 is 1.21 bits per heavy atom. The molecule has 3 N–H and O–H groups in total. The molecule has 10 nitrogen and oxygen atoms in total. The van der Waals surface area contributed by atoms with E-state index in [2.05, 4.69) is 10.2 Å². The highest BCUT2D eigenvalue weighted by molar-refractivity contribution is 5.94. The monoisotopic (exact) mass is 404 g/mol. The molecule has 0 aliphatic rings. The average Bonchev–Trinajstić information content (AvgIpc) is 3.15. The summed E-state index contributed by atoms with van der Waals surface area (Å²) in [6, 6.07) is 5.31. The van der Waals surface area contributed by atoms with Gasteiger partial charge < -0.3 is 10.2 Å². The van der Waals surface area contributed by atoms with Gasteiger partial charge >= 0.3 is 11.7 Å². The summed E-state index contributed by atoms with van der Waals surface area (Å²) in [5.74, 6) is -3.75. The van der Waals surface area contributed by atoms with Crippen LogP contribution < -0.4 is 16.7 Å². The molecule has 0 aliphatic heterocycles. The van der Waals surface area contributed by atoms with Crippen LogP contribution in [0, 0.1) is 12.3 Å². The zero-order valence-electron chi connectivity index (χ0n) is 16.4. The molecule has 0 radical (unpaired) electrons. The van der Waals surface area contributed by atoms with E-state index in [1.54, 1.807) is 25.1 Å². The summed E-state index contributed by atoms with van der Waals surface area (Å²) < 4.78 is 22.6. The number of nitrogens with one attached hydrogen (secondary N) is 1. The first-order chi connectivity index (χ1) is 13.5. The lowest BCUT2D eigenvalue weighted by atomic mass is 9.84. The third-order valence-corrected chi connectivity index (χ3v) is 4.55. The highest BCUT2D eigenvalue weighted by atomic mass is 19.1. The molecule has 3 rings (SSSR count). The number of alkyl halides is 1. The van der Waals surface area contributed by atoms with Crippen LogP contribution in [0.2, 0.25) is 0 Å². The molecular weight excluding hydrogens is 383 g/mol. The van der Waals surface area contributed by atoms with Gasteiger partial charge in [-0.15, -0.1) is 10.2 Å². The molecule has 2 aromatic heterocycles. The number of primary amides is 1. The standard InChI is InChI=1S/C18H21FN6O4/c1-10-22-23-13(29-10)9-24-11-7-5-6-8-12(11)25(16(24)28)15(27)21-18(19,14(20)26)17(2,3)4/h5-8H,9H2,1-4H3,(H2,20,26)(H,21,27)/t18-/m1/s1. The third-order valence-electron chi connectivity index (χ3n) is 4.55. The normalized spacial score (nSPS) is 14.0. The highest BCUT2D eigenvalue weighted by Gasteiger charge is 2.50. The second-order valence-corrected chi connectivity index (χ2v) is 7.61. The Kier molecular flexibility index (Phi) is 4.77. The molecule has 0 saturated heterocycles. The number of para-hydroxylation sites is 2. The molecule has 0 bridgehead atoms. The van der Waals surface area contributed by atoms with Gasteiger partial charge in [0.2, 0.25) is 11.8 Å². The van der Waals surface area contributed by atoms with Gasteiger partial charge in [-0.3, -0.25) is 14.7 Å². The van der Waals surface area contributed by atoms with E-state index in [-0.39, 0.29) is 18.0 Å². The van der Waals surface area contributed by atoms with Crippen molar-refractivity contribution in [2.75, 3.05) is 0 Å². The lowest BCUT2D eigenvalue weighted by molar-refractivity contribution is -0.139. The van der Waals surface area contributed by atoms with Crippen LogP contribution in [0.3, 0.4) is 0 Å². The molecular formula is C18H21FN6O4. The Morgan fingerprint density at radius 2 is 1.83 bits per heavy atom. The number of nitrogens with two attached hydrogens (primary N) is 1. The maximum absolute atomic E-state index is 15.3. The molecule has 1 atom stereocenters. The summed E-state index contributed by atoms with van der Waals surface area (Å²) in [5.41, 5.74) is 3.69. The molecule has 2 heterocycles. The maximum Gasteiger partial charge on any atom is 0.337 e. The summed E-state index contributed by atoms with van der Waals surface area (Å²) in [6.07, 6.45) is 0. The smallest absolute Gasteiger partial charge is 0.337 e. The van der Waals surface area contributed by atoms with Gasteiger partial charge in [-0.25, -0.2) is 18.5 Å². The minimum atomic E-state index is -2.88. The maximum atomic E-state index is 15.3. The SMILES string of the molecule is Cc1nnc(Cn2c(=O)n(C(=O)N[C@](F)(C(N)=O)C(C)(C)C)c3ccccc32)o1. The van der Waals surface area contributed by atoms with Crippen molar-refractivity contribution in [3.05, 3.63) is 46.5 Å². The van der Waals surface area contributed by atoms with Crippen LogP contribution in [0.5, 0.6) is 0 Å². The molecule has 2 amide bonds. The number of amides is 2. The predicted molar refractivity (Wildman–Crippen MR) is 101 cm³/mol. The largest absolute Gasteiger partial charge is 0.424 e. The highest BCUT2D eigenvalue weighted by Crippen LogP contribution is 2.31. The molecule has 0 fully saturated rings. The minimum absolute atomic E-state index is 0.0870. The quantitative estimate of drug-likeness (QED) is 0.629. The van der Waals surface area contributed by atoms with E-state index in [9.17, 15) is 14.4 Å². The number of carbonyl (C=O) groups excluding carboxylic acids is 2. The number of carbonyl (C=O) groups is 2. The molecule has 3 aromatic rings. The van der Waals surface area contributed by atoms with E-state index in [4.69, 9.17) is 10.2 Å². The van der Waals surface area contributed by atoms with E-state index in [1.165, 1.54) is 31.4 Å². The summed E-state index contributed by atoms with van der Waals surface area (Å²) in [7, 11) is 0. The van der Waals surface area contributed by atoms with Crippen LogP contribution in [-0.2, 0) is 11.3 Å². The van der Waals surface area contributed by atoms with Crippen LogP contribution in [0.4, 0.5) is 9.18 Å². The van der Waals surface area contributed by atoms with Gasteiger partial charge in [0, 0.05) is 12.3 Å². The number of hydrogen-bond donors (Lipinski definition) is 2. The van der Waals surface area contributed by atoms with E-state index in [0.29, 0.717) is 11.4 Å². The van der Waals surface area contributed by atoms with Crippen LogP contribution in [0.1, 0.15) is 32.6 Å². The summed E-state index contributed by atoms with van der Waals surface area (Å²) in [4.78, 5) is 37.6. The number of halogens is 1. The number of benzene rings is 1. The van der Waals surface area contributed by atoms with Crippen LogP contribution >= 0.6 is 0 Å². The zero-order valence-corrected chi connectivity index (χ0v) is 16.4. The van der Waals surface area contributed by atoms with Crippen molar-refractivity contribution in [2.45, 2.75) is 40.0 Å². The van der Waals surface area contributed by atoms with E-state index in [0.717, 1.165) is 4.57 Å². The van der Waals surface area contributed by atoms with Crippen LogP contribution in [0.25, 0.3) is 11.0 Å². The number of fused-ring (bicyclic) bond motifs is 1. The van der Waals surface area contributed by atoms with Crippen LogP contribution in [-0.4, -0.2) is 37.1 Å². The van der Waals surface area contributed by atoms with Crippen molar-refractivity contribution in [1.29, 1.82) is 0 Å². The fourth-order valence-corrected chi connectivity index (χ4v) is 2.92. The van der Waals surface area contributed by atoms with E-state index >= 15 is 4.39 Å². The first-order valence-corrected chi connectivity index (χ1v) is 8.76. The van der Waals surface area contributed by atoms with Crippen molar-refractivity contribution in [3.63, 3.8) is 0 Å². The van der Waals surface area contributed by atoms with Crippen molar-refractivity contribution in [3.8, 4) is 0 Å². The number of aromatic nitrogens is 4. The lowest BCUT2D eigenvalue weighted by Gasteiger charge is -2.35. The van der Waals surface area contributed by atoms with E-state index < -0.39 is 28.8 Å². The summed E-state index contributed by atoms with van der Waals surface area (Å²) in [5, 5.41) is 9.54. The summed E-state index contributed by atoms with van der Waals surface area (Å²) in [6.45, 7) is 5.73. The Labute approximate surface area is 164 Å². The lowest BCUT2D eigenvalue weighted by Crippen LogP contribution is -2.63. The zero-order chi connectivity index (χ0) is 21.6. The van der Waals surface area contributed by atoms with Gasteiger partial charge in [0.05, 0.1) is 11.0 Å². The Balaban J connectivity index is 2.10. The fourth-order valence-electron chi connectivity index (χ4n) is 2.92. The molecule has 0 saturated carbocycles. The van der Waals surface area contributed by atoms with Crippen molar-refractivity contribution in [2.24, 2.45) is 11.1 Å². The second-order valence-electron chi connectivity index (χ2n) is 7.61. The second kappa shape index (κ2) is 6.83. The fraction of sp³-hybridized carbons (Fsp3) is 0.389. The number of rotatable bonds is 4. The van der Waals surface area contributed by atoms with Gasteiger partial charge in [-0.1, -0.05) is 32.9 Å². The Hall–Kier alpha value is -3.50.